The van der Waals surface area contributed by atoms with E-state index in [4.69, 9.17) is 38.7 Å². The molecule has 688 valence electrons. The highest BCUT2D eigenvalue weighted by atomic mass is 32.1. The molecule has 0 amide bonds. The maximum Gasteiger partial charge on any atom is 0.233 e. The van der Waals surface area contributed by atoms with E-state index in [1.807, 2.05) is 30.3 Å². The number of fused-ring (bicyclic) bond motifs is 41. The number of thiophene rings is 1. The first-order valence-electron chi connectivity index (χ1n) is 50.5. The number of hydrogen-bond donors (Lipinski definition) is 0. The number of benzene rings is 21. The molecule has 0 N–H and O–H groups in total. The maximum atomic E-state index is 6.54. The van der Waals surface area contributed by atoms with Gasteiger partial charge in [0, 0.05) is 135 Å². The van der Waals surface area contributed by atoms with Crippen LogP contribution in [0, 0.1) is 0 Å². The number of rotatable bonds is 7. The van der Waals surface area contributed by atoms with Crippen LogP contribution in [0.4, 0.5) is 0 Å². The highest BCUT2D eigenvalue weighted by Crippen LogP contribution is 2.54. The minimum atomic E-state index is 0.571. The number of nitrogens with zero attached hydrogens (tertiary/aromatic N) is 12. The fraction of sp³-hybridized carbons (Fsp3) is 0. The van der Waals surface area contributed by atoms with Gasteiger partial charge in [-0.25, -0.2) is 19.9 Å². The monoisotopic (exact) mass is 1910 g/mol. The molecule has 14 nitrogen and oxygen atoms in total. The van der Waals surface area contributed by atoms with E-state index < -0.39 is 0 Å². The van der Waals surface area contributed by atoms with Crippen molar-refractivity contribution < 1.29 is 8.83 Å². The first kappa shape index (κ1) is 80.5. The van der Waals surface area contributed by atoms with E-state index in [1.165, 1.54) is 184 Å². The predicted molar refractivity (Wildman–Crippen MR) is 617 cm³/mol. The summed E-state index contributed by atoms with van der Waals surface area (Å²) in [4.78, 5) is 33.0. The Hall–Kier alpha value is -20.0. The standard InChI is InChI=1S/C46H26N4O.C44H24N4O.C44H24N4S/c1-2-12-27(13-3-1)28-22-24-29(25-23-28)44-47-45(41-33-17-7-11-21-39(33)51-46(41)48-44)50-37-19-9-5-15-31(37)35-26-34-30-14-4-8-18-36(30)49-38-20-10-6-16-32(38)40(42(34)49)43(35)50;2*1-2-12-26-23-27(22-21-25(26)11-1)42-45-43(39-31-16-6-10-20-37(31)49-44(39)46-42)48-35-18-8-4-14-29(35)33-24-32-28-13-3-7-17-34(28)47-36-19-9-5-15-30(36)38(40(32)47)41(33)48/h1-26H;2*1-24H. The van der Waals surface area contributed by atoms with Crippen LogP contribution in [0.1, 0.15) is 0 Å². The molecule has 0 aliphatic rings. The van der Waals surface area contributed by atoms with Gasteiger partial charge in [0.2, 0.25) is 11.4 Å². The maximum absolute atomic E-state index is 6.54. The Labute approximate surface area is 848 Å². The van der Waals surface area contributed by atoms with Crippen molar-refractivity contribution in [1.82, 2.24) is 56.8 Å². The number of furan rings is 2. The lowest BCUT2D eigenvalue weighted by Crippen LogP contribution is -2.02. The second kappa shape index (κ2) is 30.3. The van der Waals surface area contributed by atoms with Gasteiger partial charge in [0.1, 0.15) is 16.0 Å². The molecule has 0 saturated carbocycles. The molecule has 36 rings (SSSR count). The lowest BCUT2D eigenvalue weighted by Gasteiger charge is -2.12. The van der Waals surface area contributed by atoms with Crippen LogP contribution >= 0.6 is 11.3 Å². The second-order valence-electron chi connectivity index (χ2n) is 39.3. The van der Waals surface area contributed by atoms with Gasteiger partial charge in [0.15, 0.2) is 34.9 Å². The highest BCUT2D eigenvalue weighted by molar-refractivity contribution is 7.25. The Morgan fingerprint density at radius 3 is 0.866 bits per heavy atom. The van der Waals surface area contributed by atoms with Gasteiger partial charge in [0.05, 0.1) is 98.9 Å². The molecule has 0 aliphatic carbocycles. The molecule has 0 spiro atoms. The molecule has 0 saturated heterocycles. The smallest absolute Gasteiger partial charge is 0.233 e. The second-order valence-corrected chi connectivity index (χ2v) is 40.3. The van der Waals surface area contributed by atoms with Crippen molar-refractivity contribution in [3.63, 3.8) is 0 Å². The Balaban J connectivity index is 0.0000000953. The Morgan fingerprint density at radius 1 is 0.174 bits per heavy atom. The zero-order chi connectivity index (χ0) is 96.8. The van der Waals surface area contributed by atoms with Gasteiger partial charge in [-0.1, -0.05) is 346 Å². The quantitative estimate of drug-likeness (QED) is 0.154. The van der Waals surface area contributed by atoms with Crippen molar-refractivity contribution in [1.29, 1.82) is 0 Å². The van der Waals surface area contributed by atoms with E-state index in [2.05, 4.69) is 445 Å². The van der Waals surface area contributed by atoms with Crippen molar-refractivity contribution in [3.8, 4) is 62.7 Å². The molecule has 0 radical (unpaired) electrons. The van der Waals surface area contributed by atoms with Crippen molar-refractivity contribution >= 4 is 277 Å². The van der Waals surface area contributed by atoms with Gasteiger partial charge in [-0.05, 0) is 136 Å². The van der Waals surface area contributed by atoms with Crippen LogP contribution < -0.4 is 0 Å². The summed E-state index contributed by atoms with van der Waals surface area (Å²) in [5.74, 6) is 4.52. The van der Waals surface area contributed by atoms with E-state index in [0.29, 0.717) is 23.1 Å². The summed E-state index contributed by atoms with van der Waals surface area (Å²) < 4.78 is 28.8. The molecule has 149 heavy (non-hydrogen) atoms. The van der Waals surface area contributed by atoms with Crippen LogP contribution in [0.15, 0.2) is 458 Å². The SMILES string of the molecule is c1ccc(-c2ccc(-c3nc(-n4c5ccccc5c5cc6c7ccccc7n7c8ccccc8c(c54)c67)c4c(n3)oc3ccccc34)cc2)cc1.c1ccc2cc(-c3nc(-n4c5ccccc5c5cc6c7ccccc7n7c8ccccc8c(c54)c67)c4c(n3)oc3ccccc34)ccc2c1.c1ccc2cc(-c3nc(-n4c5ccccc5c5cc6c7ccccc7n7c8ccccc8c(c54)c67)c4c(n3)sc3ccccc34)ccc2c1. The van der Waals surface area contributed by atoms with Crippen LogP contribution in [-0.4, -0.2) is 56.8 Å². The minimum Gasteiger partial charge on any atom is -0.437 e. The van der Waals surface area contributed by atoms with Crippen LogP contribution in [0.25, 0.3) is 328 Å². The molecular weight excluding hydrogens is 1840 g/mol. The first-order chi connectivity index (χ1) is 73.9. The van der Waals surface area contributed by atoms with Crippen molar-refractivity contribution in [2.75, 3.05) is 0 Å². The summed E-state index contributed by atoms with van der Waals surface area (Å²) in [6, 6.07) is 160. The number of aromatic nitrogens is 12. The zero-order valence-electron chi connectivity index (χ0n) is 79.3. The van der Waals surface area contributed by atoms with E-state index >= 15 is 0 Å². The first-order valence-corrected chi connectivity index (χ1v) is 51.3. The third kappa shape index (κ3) is 11.2. The summed E-state index contributed by atoms with van der Waals surface area (Å²) in [7, 11) is 0. The fourth-order valence-electron chi connectivity index (χ4n) is 25.3. The molecule has 0 fully saturated rings. The lowest BCUT2D eigenvalue weighted by molar-refractivity contribution is 0.652. The van der Waals surface area contributed by atoms with Crippen molar-refractivity contribution in [3.05, 3.63) is 449 Å². The van der Waals surface area contributed by atoms with Crippen LogP contribution in [-0.2, 0) is 0 Å². The average molecular weight is 1920 g/mol. The largest absolute Gasteiger partial charge is 0.437 e. The number of para-hydroxylation sites is 11. The molecule has 15 heteroatoms. The fourth-order valence-corrected chi connectivity index (χ4v) is 26.4. The van der Waals surface area contributed by atoms with E-state index in [9.17, 15) is 0 Å². The van der Waals surface area contributed by atoms with Crippen LogP contribution in [0.5, 0.6) is 0 Å². The van der Waals surface area contributed by atoms with Gasteiger partial charge >= 0.3 is 0 Å². The molecular formula is C134H74N12O2S. The zero-order valence-corrected chi connectivity index (χ0v) is 80.1. The van der Waals surface area contributed by atoms with Crippen molar-refractivity contribution in [2.24, 2.45) is 0 Å². The lowest BCUT2D eigenvalue weighted by atomic mass is 10.0. The van der Waals surface area contributed by atoms with Gasteiger partial charge in [-0.15, -0.1) is 11.3 Å². The third-order valence-corrected chi connectivity index (χ3v) is 32.6. The Kier molecular flexibility index (Phi) is 16.4. The summed E-state index contributed by atoms with van der Waals surface area (Å²) in [6.07, 6.45) is 0. The summed E-state index contributed by atoms with van der Waals surface area (Å²) in [5, 5.41) is 33.0. The van der Waals surface area contributed by atoms with Gasteiger partial charge < -0.3 is 22.0 Å². The molecule has 36 aromatic rings. The molecule has 0 bridgehead atoms. The highest BCUT2D eigenvalue weighted by Gasteiger charge is 2.34. The third-order valence-electron chi connectivity index (χ3n) is 31.6. The number of hydrogen-bond acceptors (Lipinski definition) is 9. The molecule has 15 aromatic heterocycles. The van der Waals surface area contributed by atoms with Gasteiger partial charge in [-0.3, -0.25) is 13.7 Å². The molecule has 0 atom stereocenters. The van der Waals surface area contributed by atoms with Gasteiger partial charge in [-0.2, -0.15) is 9.97 Å². The normalized spacial score (nSPS) is 12.4. The average Bonchev–Trinajstić information content (AvgIpc) is 1.52. The van der Waals surface area contributed by atoms with E-state index in [-0.39, 0.29) is 0 Å². The molecule has 21 aromatic carbocycles. The summed E-state index contributed by atoms with van der Waals surface area (Å²) in [5.41, 5.74) is 25.7. The summed E-state index contributed by atoms with van der Waals surface area (Å²) >= 11 is 1.74. The molecule has 0 aliphatic heterocycles. The molecule has 15 heterocycles. The Morgan fingerprint density at radius 2 is 0.456 bits per heavy atom. The predicted octanol–water partition coefficient (Wildman–Crippen LogP) is 35.3. The van der Waals surface area contributed by atoms with E-state index in [0.717, 1.165) is 121 Å². The van der Waals surface area contributed by atoms with Gasteiger partial charge in [0.25, 0.3) is 0 Å². The molecule has 0 unspecified atom stereocenters. The summed E-state index contributed by atoms with van der Waals surface area (Å²) in [6.45, 7) is 0. The van der Waals surface area contributed by atoms with Crippen molar-refractivity contribution in [2.45, 2.75) is 0 Å². The van der Waals surface area contributed by atoms with E-state index in [1.54, 1.807) is 11.3 Å². The minimum absolute atomic E-state index is 0.571. The topological polar surface area (TPSA) is 132 Å². The Bertz CT molecular complexity index is 11700. The van der Waals surface area contributed by atoms with Crippen LogP contribution in [0.3, 0.4) is 0 Å². The van der Waals surface area contributed by atoms with Crippen LogP contribution in [0.2, 0.25) is 0 Å².